The molecule has 4 rings (SSSR count). The number of carbonyl (C=O) groups is 1. The largest absolute Gasteiger partial charge is 0.451 e. The summed E-state index contributed by atoms with van der Waals surface area (Å²) in [5.74, 6) is -0.862. The second-order valence-corrected chi connectivity index (χ2v) is 9.11. The van der Waals surface area contributed by atoms with Gasteiger partial charge in [0.05, 0.1) is 16.0 Å². The highest BCUT2D eigenvalue weighted by molar-refractivity contribution is 7.92. The average Bonchev–Trinajstić information content (AvgIpc) is 2.74. The molecule has 0 saturated carbocycles. The molecule has 1 amide bonds. The Morgan fingerprint density at radius 2 is 1.72 bits per heavy atom. The highest BCUT2D eigenvalue weighted by Gasteiger charge is 2.19. The van der Waals surface area contributed by atoms with E-state index in [-0.39, 0.29) is 27.4 Å². The van der Waals surface area contributed by atoms with Gasteiger partial charge in [-0.05, 0) is 55.0 Å². The lowest BCUT2D eigenvalue weighted by atomic mass is 10.2. The number of fused-ring (bicyclic) bond motifs is 1. The van der Waals surface area contributed by atoms with E-state index in [0.29, 0.717) is 21.7 Å². The van der Waals surface area contributed by atoms with Gasteiger partial charge in [-0.15, -0.1) is 0 Å². The molecule has 9 heteroatoms. The molecule has 0 saturated heterocycles. The Balaban J connectivity index is 1.63. The highest BCUT2D eigenvalue weighted by atomic mass is 35.5. The normalized spacial score (nSPS) is 11.3. The summed E-state index contributed by atoms with van der Waals surface area (Å²) in [6.45, 7) is 1.64. The maximum atomic E-state index is 12.9. The van der Waals surface area contributed by atoms with Crippen LogP contribution in [0.2, 0.25) is 5.02 Å². The minimum atomic E-state index is -3.95. The standard InChI is InChI=1S/C23H17ClN2O5S/c1-14-9-10-16(12-22(14)32(29,30)26-17-6-4-5-15(24)11-17)25-23(28)21-13-19(27)18-7-2-3-8-20(18)31-21/h2-13,26H,1H3,(H,25,28). The van der Waals surface area contributed by atoms with Crippen molar-refractivity contribution in [3.05, 3.63) is 99.4 Å². The van der Waals surface area contributed by atoms with Crippen LogP contribution in [0.5, 0.6) is 0 Å². The molecule has 0 bridgehead atoms. The van der Waals surface area contributed by atoms with Gasteiger partial charge in [0.1, 0.15) is 5.58 Å². The van der Waals surface area contributed by atoms with Crippen molar-refractivity contribution < 1.29 is 17.6 Å². The van der Waals surface area contributed by atoms with Crippen LogP contribution < -0.4 is 15.5 Å². The maximum absolute atomic E-state index is 12.9. The third-order valence-electron chi connectivity index (χ3n) is 4.67. The fourth-order valence-electron chi connectivity index (χ4n) is 3.14. The minimum absolute atomic E-state index is 0.0183. The molecule has 1 aromatic heterocycles. The topological polar surface area (TPSA) is 105 Å². The summed E-state index contributed by atoms with van der Waals surface area (Å²) >= 11 is 5.93. The number of sulfonamides is 1. The van der Waals surface area contributed by atoms with Crippen molar-refractivity contribution in [1.29, 1.82) is 0 Å². The Labute approximate surface area is 188 Å². The van der Waals surface area contributed by atoms with Gasteiger partial charge in [0.25, 0.3) is 15.9 Å². The molecule has 0 atom stereocenters. The predicted octanol–water partition coefficient (Wildman–Crippen LogP) is 4.81. The van der Waals surface area contributed by atoms with E-state index in [1.165, 1.54) is 12.1 Å². The SMILES string of the molecule is Cc1ccc(NC(=O)c2cc(=O)c3ccccc3o2)cc1S(=O)(=O)Nc1cccc(Cl)c1. The molecule has 0 fully saturated rings. The van der Waals surface area contributed by atoms with Gasteiger partial charge in [-0.2, -0.15) is 0 Å². The first-order valence-corrected chi connectivity index (χ1v) is 11.3. The Morgan fingerprint density at radius 1 is 0.938 bits per heavy atom. The number of halogens is 1. The van der Waals surface area contributed by atoms with Crippen LogP contribution in [0.3, 0.4) is 0 Å². The number of rotatable bonds is 5. The third-order valence-corrected chi connectivity index (χ3v) is 6.43. The number of para-hydroxylation sites is 1. The van der Waals surface area contributed by atoms with Crippen LogP contribution >= 0.6 is 11.6 Å². The van der Waals surface area contributed by atoms with Crippen molar-refractivity contribution in [2.45, 2.75) is 11.8 Å². The van der Waals surface area contributed by atoms with Gasteiger partial charge in [-0.25, -0.2) is 8.42 Å². The summed E-state index contributed by atoms with van der Waals surface area (Å²) < 4.78 is 33.8. The van der Waals surface area contributed by atoms with E-state index in [1.54, 1.807) is 61.5 Å². The molecule has 3 aromatic carbocycles. The van der Waals surface area contributed by atoms with Gasteiger partial charge in [0.2, 0.25) is 0 Å². The van der Waals surface area contributed by atoms with Crippen LogP contribution in [0.25, 0.3) is 11.0 Å². The molecule has 0 radical (unpaired) electrons. The van der Waals surface area contributed by atoms with Gasteiger partial charge >= 0.3 is 0 Å². The number of hydrogen-bond donors (Lipinski definition) is 2. The second-order valence-electron chi connectivity index (χ2n) is 7.02. The zero-order valence-electron chi connectivity index (χ0n) is 16.8. The lowest BCUT2D eigenvalue weighted by Gasteiger charge is -2.13. The molecule has 0 aliphatic rings. The Bertz CT molecular complexity index is 1510. The number of hydrogen-bond acceptors (Lipinski definition) is 5. The van der Waals surface area contributed by atoms with Crippen molar-refractivity contribution in [1.82, 2.24) is 0 Å². The first-order chi connectivity index (χ1) is 15.2. The number of amides is 1. The molecule has 0 spiro atoms. The molecular weight excluding hydrogens is 452 g/mol. The smallest absolute Gasteiger partial charge is 0.291 e. The lowest BCUT2D eigenvalue weighted by molar-refractivity contribution is 0.0997. The fourth-order valence-corrected chi connectivity index (χ4v) is 4.65. The predicted molar refractivity (Wildman–Crippen MR) is 124 cm³/mol. The molecule has 2 N–H and O–H groups in total. The van der Waals surface area contributed by atoms with Crippen molar-refractivity contribution in [3.8, 4) is 0 Å². The molecule has 0 aliphatic heterocycles. The van der Waals surface area contributed by atoms with Gasteiger partial charge in [0, 0.05) is 16.8 Å². The van der Waals surface area contributed by atoms with Crippen molar-refractivity contribution in [3.63, 3.8) is 0 Å². The van der Waals surface area contributed by atoms with Crippen LogP contribution in [0.15, 0.2) is 86.9 Å². The molecule has 4 aromatic rings. The van der Waals surface area contributed by atoms with Gasteiger partial charge in [-0.1, -0.05) is 35.9 Å². The van der Waals surface area contributed by atoms with E-state index in [0.717, 1.165) is 6.07 Å². The average molecular weight is 469 g/mol. The Hall–Kier alpha value is -3.62. The van der Waals surface area contributed by atoms with E-state index >= 15 is 0 Å². The van der Waals surface area contributed by atoms with Crippen molar-refractivity contribution in [2.75, 3.05) is 10.0 Å². The number of anilines is 2. The summed E-state index contributed by atoms with van der Waals surface area (Å²) in [7, 11) is -3.95. The molecule has 1 heterocycles. The number of benzene rings is 3. The number of aryl methyl sites for hydroxylation is 1. The van der Waals surface area contributed by atoms with Crippen LogP contribution in [-0.4, -0.2) is 14.3 Å². The van der Waals surface area contributed by atoms with Crippen LogP contribution in [0.4, 0.5) is 11.4 Å². The van der Waals surface area contributed by atoms with Gasteiger partial charge in [-0.3, -0.25) is 14.3 Å². The van der Waals surface area contributed by atoms with Crippen LogP contribution in [0.1, 0.15) is 16.1 Å². The fraction of sp³-hybridized carbons (Fsp3) is 0.0435. The summed E-state index contributed by atoms with van der Waals surface area (Å²) in [5.41, 5.74) is 0.944. The first kappa shape index (κ1) is 21.6. The lowest BCUT2D eigenvalue weighted by Crippen LogP contribution is -2.17. The summed E-state index contributed by atoms with van der Waals surface area (Å²) in [4.78, 5) is 24.9. The zero-order valence-corrected chi connectivity index (χ0v) is 18.3. The molecule has 0 unspecified atom stereocenters. The van der Waals surface area contributed by atoms with E-state index in [2.05, 4.69) is 10.0 Å². The Kier molecular flexibility index (Phi) is 5.73. The molecule has 0 aliphatic carbocycles. The van der Waals surface area contributed by atoms with E-state index in [9.17, 15) is 18.0 Å². The molecule has 32 heavy (non-hydrogen) atoms. The highest BCUT2D eigenvalue weighted by Crippen LogP contribution is 2.25. The Morgan fingerprint density at radius 3 is 2.50 bits per heavy atom. The number of nitrogens with one attached hydrogen (secondary N) is 2. The summed E-state index contributed by atoms with van der Waals surface area (Å²) in [6.07, 6.45) is 0. The zero-order chi connectivity index (χ0) is 22.9. The number of carbonyl (C=O) groups excluding carboxylic acids is 1. The van der Waals surface area contributed by atoms with E-state index < -0.39 is 15.9 Å². The van der Waals surface area contributed by atoms with Gasteiger partial charge < -0.3 is 9.73 Å². The second kappa shape index (κ2) is 8.49. The maximum Gasteiger partial charge on any atom is 0.291 e. The van der Waals surface area contributed by atoms with Crippen molar-refractivity contribution >= 4 is 49.9 Å². The van der Waals surface area contributed by atoms with Gasteiger partial charge in [0.15, 0.2) is 11.2 Å². The molecule has 7 nitrogen and oxygen atoms in total. The third kappa shape index (κ3) is 4.51. The quantitative estimate of drug-likeness (QED) is 0.437. The van der Waals surface area contributed by atoms with Crippen LogP contribution in [-0.2, 0) is 10.0 Å². The van der Waals surface area contributed by atoms with E-state index in [4.69, 9.17) is 16.0 Å². The summed E-state index contributed by atoms with van der Waals surface area (Å²) in [5, 5.41) is 3.33. The summed E-state index contributed by atoms with van der Waals surface area (Å²) in [6, 6.07) is 18.5. The molecular formula is C23H17ClN2O5S. The van der Waals surface area contributed by atoms with E-state index in [1.807, 2.05) is 0 Å². The minimum Gasteiger partial charge on any atom is -0.451 e. The van der Waals surface area contributed by atoms with Crippen LogP contribution in [0, 0.1) is 6.92 Å². The first-order valence-electron chi connectivity index (χ1n) is 9.46. The molecule has 162 valence electrons. The van der Waals surface area contributed by atoms with Crippen molar-refractivity contribution in [2.24, 2.45) is 0 Å². The monoisotopic (exact) mass is 468 g/mol.